The highest BCUT2D eigenvalue weighted by Crippen LogP contribution is 2.24. The van der Waals surface area contributed by atoms with Crippen LogP contribution in [0.1, 0.15) is 12.0 Å². The quantitative estimate of drug-likeness (QED) is 0.715. The zero-order valence-electron chi connectivity index (χ0n) is 13.8. The van der Waals surface area contributed by atoms with Gasteiger partial charge in [-0.3, -0.25) is 9.59 Å². The number of nitrogens with one attached hydrogen (secondary N) is 1. The van der Waals surface area contributed by atoms with Crippen molar-refractivity contribution in [3.63, 3.8) is 0 Å². The van der Waals surface area contributed by atoms with Gasteiger partial charge in [0.2, 0.25) is 5.91 Å². The molecule has 0 saturated heterocycles. The molecule has 144 valence electrons. The number of carbonyl (C=O) groups excluding carboxylic acids is 1. The van der Waals surface area contributed by atoms with Crippen molar-refractivity contribution in [2.24, 2.45) is 5.92 Å². The number of alkyl halides is 3. The topological polar surface area (TPSA) is 75.6 Å². The van der Waals surface area contributed by atoms with Gasteiger partial charge in [-0.2, -0.15) is 0 Å². The lowest BCUT2D eigenvalue weighted by Gasteiger charge is -2.16. The van der Waals surface area contributed by atoms with Crippen LogP contribution in [0.4, 0.5) is 18.9 Å². The molecule has 2 aromatic rings. The fourth-order valence-electron chi connectivity index (χ4n) is 2.36. The minimum absolute atomic E-state index is 0.171. The lowest BCUT2D eigenvalue weighted by atomic mass is 9.95. The van der Waals surface area contributed by atoms with E-state index in [2.05, 4.69) is 10.1 Å². The van der Waals surface area contributed by atoms with Crippen LogP contribution in [0.3, 0.4) is 0 Å². The van der Waals surface area contributed by atoms with Crippen molar-refractivity contribution in [2.45, 2.75) is 19.2 Å². The van der Waals surface area contributed by atoms with Crippen LogP contribution in [-0.2, 0) is 16.0 Å². The van der Waals surface area contributed by atoms with E-state index in [1.807, 2.05) is 0 Å². The van der Waals surface area contributed by atoms with E-state index in [9.17, 15) is 22.8 Å². The van der Waals surface area contributed by atoms with E-state index in [4.69, 9.17) is 16.7 Å². The largest absolute Gasteiger partial charge is 0.573 e. The average Bonchev–Trinajstić information content (AvgIpc) is 2.56. The van der Waals surface area contributed by atoms with Crippen LogP contribution < -0.4 is 10.1 Å². The first-order valence-electron chi connectivity index (χ1n) is 7.75. The molecule has 0 aromatic heterocycles. The number of anilines is 1. The van der Waals surface area contributed by atoms with Gasteiger partial charge in [-0.25, -0.2) is 0 Å². The van der Waals surface area contributed by atoms with Crippen LogP contribution in [-0.4, -0.2) is 23.3 Å². The fourth-order valence-corrected chi connectivity index (χ4v) is 2.48. The monoisotopic (exact) mass is 401 g/mol. The Bertz CT molecular complexity index is 792. The molecule has 1 atom stereocenters. The molecule has 5 nitrogen and oxygen atoms in total. The van der Waals surface area contributed by atoms with Gasteiger partial charge >= 0.3 is 12.3 Å². The Balaban J connectivity index is 2.06. The number of benzene rings is 2. The summed E-state index contributed by atoms with van der Waals surface area (Å²) in [6, 6.07) is 11.2. The second-order valence-corrected chi connectivity index (χ2v) is 6.12. The third kappa shape index (κ3) is 7.18. The number of amides is 1. The van der Waals surface area contributed by atoms with Gasteiger partial charge in [0.1, 0.15) is 5.75 Å². The molecular weight excluding hydrogens is 387 g/mol. The summed E-state index contributed by atoms with van der Waals surface area (Å²) in [6.07, 6.45) is -5.04. The first kappa shape index (κ1) is 20.6. The molecule has 2 aromatic carbocycles. The van der Waals surface area contributed by atoms with Gasteiger partial charge < -0.3 is 15.2 Å². The van der Waals surface area contributed by atoms with Gasteiger partial charge in [0.15, 0.2) is 0 Å². The molecule has 9 heteroatoms. The van der Waals surface area contributed by atoms with Crippen LogP contribution in [0.15, 0.2) is 48.5 Å². The predicted molar refractivity (Wildman–Crippen MR) is 92.7 cm³/mol. The lowest BCUT2D eigenvalue weighted by molar-refractivity contribution is -0.274. The minimum atomic E-state index is -4.81. The number of hydrogen-bond donors (Lipinski definition) is 2. The Morgan fingerprint density at radius 3 is 2.19 bits per heavy atom. The summed E-state index contributed by atoms with van der Waals surface area (Å²) in [5, 5.41) is 12.1. The highest BCUT2D eigenvalue weighted by atomic mass is 35.5. The Morgan fingerprint density at radius 1 is 1.07 bits per heavy atom. The molecule has 2 rings (SSSR count). The van der Waals surface area contributed by atoms with Crippen LogP contribution in [0.5, 0.6) is 5.75 Å². The maximum absolute atomic E-state index is 12.4. The molecule has 0 spiro atoms. The zero-order chi connectivity index (χ0) is 20.0. The number of aliphatic carboxylic acids is 1. The van der Waals surface area contributed by atoms with E-state index >= 15 is 0 Å². The number of halogens is 4. The molecule has 2 N–H and O–H groups in total. The summed E-state index contributed by atoms with van der Waals surface area (Å²) in [5.74, 6) is -2.99. The van der Waals surface area contributed by atoms with Crippen molar-refractivity contribution in [1.29, 1.82) is 0 Å². The van der Waals surface area contributed by atoms with E-state index in [1.54, 1.807) is 24.3 Å². The Kier molecular flexibility index (Phi) is 6.68. The number of hydrogen-bond acceptors (Lipinski definition) is 3. The van der Waals surface area contributed by atoms with E-state index in [0.717, 1.165) is 17.7 Å². The van der Waals surface area contributed by atoms with Crippen molar-refractivity contribution in [3.8, 4) is 5.75 Å². The molecule has 0 aliphatic heterocycles. The fraction of sp³-hybridized carbons (Fsp3) is 0.222. The van der Waals surface area contributed by atoms with Crippen LogP contribution >= 0.6 is 11.6 Å². The van der Waals surface area contributed by atoms with Crippen molar-refractivity contribution >= 4 is 29.2 Å². The standard InChI is InChI=1S/C18H15ClF3NO4/c19-13-3-1-11(2-4-13)9-12(10-16(24)25)17(26)23-14-5-7-15(8-6-14)27-18(20,21)22/h1-8,12H,9-10H2,(H,23,26)(H,24,25). The van der Waals surface area contributed by atoms with E-state index in [-0.39, 0.29) is 12.1 Å². The second kappa shape index (κ2) is 8.77. The molecule has 0 saturated carbocycles. The number of carboxylic acids is 1. The van der Waals surface area contributed by atoms with E-state index in [1.165, 1.54) is 12.1 Å². The first-order chi connectivity index (χ1) is 12.6. The zero-order valence-corrected chi connectivity index (χ0v) is 14.6. The van der Waals surface area contributed by atoms with Crippen LogP contribution in [0.2, 0.25) is 5.02 Å². The molecule has 27 heavy (non-hydrogen) atoms. The van der Waals surface area contributed by atoms with Crippen LogP contribution in [0.25, 0.3) is 0 Å². The van der Waals surface area contributed by atoms with Crippen LogP contribution in [0, 0.1) is 5.92 Å². The number of rotatable bonds is 7. The van der Waals surface area contributed by atoms with Gasteiger partial charge in [-0.15, -0.1) is 13.2 Å². The van der Waals surface area contributed by atoms with E-state index in [0.29, 0.717) is 5.02 Å². The summed E-state index contributed by atoms with van der Waals surface area (Å²) in [5.41, 5.74) is 0.954. The second-order valence-electron chi connectivity index (χ2n) is 5.69. The molecule has 0 aliphatic rings. The third-order valence-corrected chi connectivity index (χ3v) is 3.79. The minimum Gasteiger partial charge on any atom is -0.481 e. The SMILES string of the molecule is O=C(O)CC(Cc1ccc(Cl)cc1)C(=O)Nc1ccc(OC(F)(F)F)cc1. The van der Waals surface area contributed by atoms with Gasteiger partial charge in [0, 0.05) is 10.7 Å². The van der Waals surface area contributed by atoms with Crippen molar-refractivity contribution in [3.05, 3.63) is 59.1 Å². The molecule has 0 radical (unpaired) electrons. The lowest BCUT2D eigenvalue weighted by Crippen LogP contribution is -2.27. The average molecular weight is 402 g/mol. The predicted octanol–water partition coefficient (Wildman–Crippen LogP) is 4.51. The molecule has 1 unspecified atom stereocenters. The van der Waals surface area contributed by atoms with Gasteiger partial charge in [0.25, 0.3) is 0 Å². The van der Waals surface area contributed by atoms with Crippen molar-refractivity contribution in [1.82, 2.24) is 0 Å². The molecular formula is C18H15ClF3NO4. The Morgan fingerprint density at radius 2 is 1.67 bits per heavy atom. The molecule has 0 fully saturated rings. The molecule has 1 amide bonds. The highest BCUT2D eigenvalue weighted by Gasteiger charge is 2.31. The van der Waals surface area contributed by atoms with Crippen molar-refractivity contribution in [2.75, 3.05) is 5.32 Å². The normalized spacial score (nSPS) is 12.3. The summed E-state index contributed by atoms with van der Waals surface area (Å²) in [4.78, 5) is 23.5. The summed E-state index contributed by atoms with van der Waals surface area (Å²) < 4.78 is 40.2. The molecule has 0 bridgehead atoms. The maximum Gasteiger partial charge on any atom is 0.573 e. The number of carbonyl (C=O) groups is 2. The summed E-state index contributed by atoms with van der Waals surface area (Å²) in [7, 11) is 0. The van der Waals surface area contributed by atoms with Gasteiger partial charge in [0.05, 0.1) is 12.3 Å². The van der Waals surface area contributed by atoms with Gasteiger partial charge in [-0.1, -0.05) is 23.7 Å². The van der Waals surface area contributed by atoms with Crippen molar-refractivity contribution < 1.29 is 32.6 Å². The van der Waals surface area contributed by atoms with E-state index < -0.39 is 36.3 Å². The molecule has 0 heterocycles. The smallest absolute Gasteiger partial charge is 0.481 e. The Hall–Kier alpha value is -2.74. The first-order valence-corrected chi connectivity index (χ1v) is 8.13. The number of ether oxygens (including phenoxy) is 1. The summed E-state index contributed by atoms with van der Waals surface area (Å²) >= 11 is 5.80. The van der Waals surface area contributed by atoms with Gasteiger partial charge in [-0.05, 0) is 48.4 Å². The summed E-state index contributed by atoms with van der Waals surface area (Å²) in [6.45, 7) is 0. The molecule has 0 aliphatic carbocycles. The maximum atomic E-state index is 12.4. The highest BCUT2D eigenvalue weighted by molar-refractivity contribution is 6.30. The number of carboxylic acid groups (broad SMARTS) is 1. The Labute approximate surface area is 157 Å². The third-order valence-electron chi connectivity index (χ3n) is 3.54.